The van der Waals surface area contributed by atoms with E-state index in [0.29, 0.717) is 11.7 Å². The topological polar surface area (TPSA) is 9.23 Å². The molecule has 2 unspecified atom stereocenters. The fraction of sp³-hybridized carbons (Fsp3) is 0.360. The average Bonchev–Trinajstić information content (AvgIpc) is 3.33. The highest BCUT2D eigenvalue weighted by atomic mass is 32.1. The van der Waals surface area contributed by atoms with Gasteiger partial charge in [-0.2, -0.15) is 0 Å². The summed E-state index contributed by atoms with van der Waals surface area (Å²) in [5.74, 6) is 0.622. The van der Waals surface area contributed by atoms with Crippen molar-refractivity contribution in [1.82, 2.24) is 0 Å². The van der Waals surface area contributed by atoms with Gasteiger partial charge >= 0.3 is 0 Å². The second-order valence-corrected chi connectivity index (χ2v) is 8.93. The standard InChI is InChI=1S/C25H27FOS/c1-3-4-18-7-11-21(15-18)27-25-14-13-24(28-25)22-12-10-20(16-23(22)26)19-8-5-17(2)6-9-19/h5-6,8-10,12-14,16,18,21H,3-4,7,11,15H2,1-2H3. The van der Waals surface area contributed by atoms with Crippen LogP contribution in [0.15, 0.2) is 54.6 Å². The molecule has 0 radical (unpaired) electrons. The predicted molar refractivity (Wildman–Crippen MR) is 117 cm³/mol. The van der Waals surface area contributed by atoms with E-state index in [1.54, 1.807) is 17.4 Å². The van der Waals surface area contributed by atoms with Crippen LogP contribution in [0.4, 0.5) is 4.39 Å². The number of hydrogen-bond donors (Lipinski definition) is 0. The van der Waals surface area contributed by atoms with Crippen LogP contribution >= 0.6 is 11.3 Å². The molecule has 1 heterocycles. The maximum atomic E-state index is 14.8. The van der Waals surface area contributed by atoms with E-state index >= 15 is 0 Å². The normalized spacial score (nSPS) is 19.1. The zero-order valence-corrected chi connectivity index (χ0v) is 17.4. The van der Waals surface area contributed by atoms with Crippen LogP contribution in [0.25, 0.3) is 21.6 Å². The monoisotopic (exact) mass is 394 g/mol. The molecule has 1 nitrogen and oxygen atoms in total. The molecule has 28 heavy (non-hydrogen) atoms. The summed E-state index contributed by atoms with van der Waals surface area (Å²) in [5.41, 5.74) is 3.79. The Morgan fingerprint density at radius 2 is 1.79 bits per heavy atom. The van der Waals surface area contributed by atoms with Gasteiger partial charge in [0, 0.05) is 10.4 Å². The first-order chi connectivity index (χ1) is 13.6. The molecule has 4 rings (SSSR count). The van der Waals surface area contributed by atoms with Crippen molar-refractivity contribution >= 4 is 11.3 Å². The Hall–Kier alpha value is -2.13. The van der Waals surface area contributed by atoms with Gasteiger partial charge in [0.05, 0.1) is 6.10 Å². The fourth-order valence-electron chi connectivity index (χ4n) is 4.14. The van der Waals surface area contributed by atoms with Crippen molar-refractivity contribution in [3.63, 3.8) is 0 Å². The minimum Gasteiger partial charge on any atom is -0.481 e. The van der Waals surface area contributed by atoms with Gasteiger partial charge in [-0.05, 0) is 67.5 Å². The van der Waals surface area contributed by atoms with Crippen molar-refractivity contribution in [3.05, 3.63) is 66.0 Å². The molecular weight excluding hydrogens is 367 g/mol. The van der Waals surface area contributed by atoms with E-state index in [1.165, 1.54) is 24.8 Å². The fourth-order valence-corrected chi connectivity index (χ4v) is 5.09. The van der Waals surface area contributed by atoms with E-state index < -0.39 is 0 Å². The summed E-state index contributed by atoms with van der Waals surface area (Å²) >= 11 is 1.54. The van der Waals surface area contributed by atoms with Gasteiger partial charge in [0.1, 0.15) is 5.82 Å². The molecule has 0 aliphatic heterocycles. The van der Waals surface area contributed by atoms with Crippen LogP contribution in [0, 0.1) is 18.7 Å². The molecule has 1 aliphatic rings. The Morgan fingerprint density at radius 1 is 1.00 bits per heavy atom. The lowest BCUT2D eigenvalue weighted by Crippen LogP contribution is -2.11. The van der Waals surface area contributed by atoms with Crippen molar-refractivity contribution in [2.24, 2.45) is 5.92 Å². The van der Waals surface area contributed by atoms with Gasteiger partial charge in [0.25, 0.3) is 0 Å². The quantitative estimate of drug-likeness (QED) is 0.413. The van der Waals surface area contributed by atoms with Crippen LogP contribution in [0.2, 0.25) is 0 Å². The first-order valence-electron chi connectivity index (χ1n) is 10.3. The zero-order valence-electron chi connectivity index (χ0n) is 16.6. The minimum atomic E-state index is -0.185. The van der Waals surface area contributed by atoms with E-state index in [1.807, 2.05) is 36.4 Å². The van der Waals surface area contributed by atoms with Crippen molar-refractivity contribution in [1.29, 1.82) is 0 Å². The number of ether oxygens (including phenoxy) is 1. The summed E-state index contributed by atoms with van der Waals surface area (Å²) in [6, 6.07) is 17.6. The lowest BCUT2D eigenvalue weighted by molar-refractivity contribution is 0.210. The van der Waals surface area contributed by atoms with E-state index in [2.05, 4.69) is 26.0 Å². The van der Waals surface area contributed by atoms with Crippen LogP contribution < -0.4 is 4.74 Å². The maximum absolute atomic E-state index is 14.8. The SMILES string of the molecule is CCCC1CCC(Oc2ccc(-c3ccc(-c4ccc(C)cc4)cc3F)s2)C1. The molecule has 0 spiro atoms. The molecule has 2 atom stereocenters. The second-order valence-electron chi connectivity index (χ2n) is 7.89. The molecule has 3 heteroatoms. The highest BCUT2D eigenvalue weighted by molar-refractivity contribution is 7.17. The largest absolute Gasteiger partial charge is 0.481 e. The zero-order chi connectivity index (χ0) is 19.5. The van der Waals surface area contributed by atoms with Gasteiger partial charge in [0.15, 0.2) is 5.06 Å². The van der Waals surface area contributed by atoms with Gasteiger partial charge in [-0.1, -0.05) is 67.0 Å². The Kier molecular flexibility index (Phi) is 5.82. The van der Waals surface area contributed by atoms with E-state index in [0.717, 1.165) is 39.8 Å². The molecule has 0 N–H and O–H groups in total. The second kappa shape index (κ2) is 8.48. The molecular formula is C25H27FOS. The third kappa shape index (κ3) is 4.30. The van der Waals surface area contributed by atoms with Crippen molar-refractivity contribution in [2.75, 3.05) is 0 Å². The minimum absolute atomic E-state index is 0.185. The molecule has 146 valence electrons. The summed E-state index contributed by atoms with van der Waals surface area (Å²) in [6.07, 6.45) is 6.42. The smallest absolute Gasteiger partial charge is 0.174 e. The number of rotatable bonds is 6. The van der Waals surface area contributed by atoms with Crippen molar-refractivity contribution < 1.29 is 9.13 Å². The molecule has 2 aromatic carbocycles. The maximum Gasteiger partial charge on any atom is 0.174 e. The van der Waals surface area contributed by atoms with Gasteiger partial charge < -0.3 is 4.74 Å². The van der Waals surface area contributed by atoms with Crippen LogP contribution in [0.3, 0.4) is 0 Å². The highest BCUT2D eigenvalue weighted by Crippen LogP contribution is 2.38. The Balaban J connectivity index is 1.47. The molecule has 1 saturated carbocycles. The first-order valence-corrected chi connectivity index (χ1v) is 11.1. The Labute approximate surface area is 171 Å². The Bertz CT molecular complexity index is 928. The predicted octanol–water partition coefficient (Wildman–Crippen LogP) is 7.88. The number of halogens is 1. The lowest BCUT2D eigenvalue weighted by Gasteiger charge is -2.12. The van der Waals surface area contributed by atoms with E-state index in [-0.39, 0.29) is 5.82 Å². The summed E-state index contributed by atoms with van der Waals surface area (Å²) < 4.78 is 21.0. The molecule has 1 aromatic heterocycles. The number of aryl methyl sites for hydroxylation is 1. The van der Waals surface area contributed by atoms with Gasteiger partial charge in [-0.15, -0.1) is 0 Å². The van der Waals surface area contributed by atoms with Gasteiger partial charge in [-0.3, -0.25) is 0 Å². The molecule has 1 aliphatic carbocycles. The number of thiophene rings is 1. The van der Waals surface area contributed by atoms with Crippen LogP contribution in [0.5, 0.6) is 5.06 Å². The van der Waals surface area contributed by atoms with E-state index in [4.69, 9.17) is 4.74 Å². The van der Waals surface area contributed by atoms with E-state index in [9.17, 15) is 4.39 Å². The number of benzene rings is 2. The Morgan fingerprint density at radius 3 is 2.54 bits per heavy atom. The van der Waals surface area contributed by atoms with Crippen molar-refractivity contribution in [2.45, 2.75) is 52.1 Å². The summed E-state index contributed by atoms with van der Waals surface area (Å²) in [4.78, 5) is 0.922. The van der Waals surface area contributed by atoms with Crippen molar-refractivity contribution in [3.8, 4) is 26.6 Å². The summed E-state index contributed by atoms with van der Waals surface area (Å²) in [5, 5.41) is 0.902. The molecule has 0 amide bonds. The number of hydrogen-bond acceptors (Lipinski definition) is 2. The third-order valence-electron chi connectivity index (χ3n) is 5.67. The van der Waals surface area contributed by atoms with Crippen LogP contribution in [-0.4, -0.2) is 6.10 Å². The molecule has 0 bridgehead atoms. The summed E-state index contributed by atoms with van der Waals surface area (Å²) in [7, 11) is 0. The highest BCUT2D eigenvalue weighted by Gasteiger charge is 2.25. The van der Waals surface area contributed by atoms with Gasteiger partial charge in [-0.25, -0.2) is 4.39 Å². The summed E-state index contributed by atoms with van der Waals surface area (Å²) in [6.45, 7) is 4.30. The molecule has 3 aromatic rings. The average molecular weight is 395 g/mol. The lowest BCUT2D eigenvalue weighted by atomic mass is 10.0. The molecule has 1 fully saturated rings. The first kappa shape index (κ1) is 19.2. The van der Waals surface area contributed by atoms with Crippen LogP contribution in [-0.2, 0) is 0 Å². The van der Waals surface area contributed by atoms with Crippen LogP contribution in [0.1, 0.15) is 44.6 Å². The third-order valence-corrected chi connectivity index (χ3v) is 6.68. The van der Waals surface area contributed by atoms with Gasteiger partial charge in [0.2, 0.25) is 0 Å². The molecule has 0 saturated heterocycles.